The van der Waals surface area contributed by atoms with Crippen molar-refractivity contribution < 1.29 is 9.18 Å². The van der Waals surface area contributed by atoms with Gasteiger partial charge in [-0.15, -0.1) is 0 Å². The minimum Gasteiger partial charge on any atom is -0.337 e. The Hall–Kier alpha value is -2.21. The number of hydrogen-bond donors (Lipinski definition) is 0. The first-order valence-corrected chi connectivity index (χ1v) is 9.63. The van der Waals surface area contributed by atoms with Gasteiger partial charge in [0, 0.05) is 45.5 Å². The highest BCUT2D eigenvalue weighted by Crippen LogP contribution is 2.22. The van der Waals surface area contributed by atoms with E-state index in [4.69, 9.17) is 0 Å². The molecule has 0 aliphatic carbocycles. The third-order valence-electron chi connectivity index (χ3n) is 5.35. The second kappa shape index (κ2) is 8.21. The highest BCUT2D eigenvalue weighted by molar-refractivity contribution is 5.95. The maximum Gasteiger partial charge on any atom is 0.257 e. The van der Waals surface area contributed by atoms with Crippen molar-refractivity contribution >= 4 is 5.91 Å². The van der Waals surface area contributed by atoms with Gasteiger partial charge in [-0.1, -0.05) is 26.0 Å². The molecule has 0 spiro atoms. The van der Waals surface area contributed by atoms with Gasteiger partial charge in [0.15, 0.2) is 0 Å². The Kier molecular flexibility index (Phi) is 5.95. The van der Waals surface area contributed by atoms with Gasteiger partial charge in [0.2, 0.25) is 0 Å². The summed E-state index contributed by atoms with van der Waals surface area (Å²) < 4.78 is 14.9. The van der Waals surface area contributed by atoms with E-state index in [9.17, 15) is 9.18 Å². The molecule has 0 bridgehead atoms. The zero-order chi connectivity index (χ0) is 19.6. The summed E-state index contributed by atoms with van der Waals surface area (Å²) >= 11 is 0. The summed E-state index contributed by atoms with van der Waals surface area (Å²) in [7, 11) is 1.84. The summed E-state index contributed by atoms with van der Waals surface area (Å²) in [4.78, 5) is 17.5. The minimum atomic E-state index is -0.210. The molecule has 2 aromatic rings. The maximum atomic E-state index is 13.2. The van der Waals surface area contributed by atoms with Gasteiger partial charge in [0.1, 0.15) is 5.82 Å². The molecule has 1 aliphatic heterocycles. The molecular weight excluding hydrogens is 343 g/mol. The average molecular weight is 372 g/mol. The van der Waals surface area contributed by atoms with E-state index in [-0.39, 0.29) is 17.8 Å². The van der Waals surface area contributed by atoms with Crippen LogP contribution in [-0.2, 0) is 13.6 Å². The fourth-order valence-corrected chi connectivity index (χ4v) is 3.88. The van der Waals surface area contributed by atoms with E-state index in [1.54, 1.807) is 4.68 Å². The highest BCUT2D eigenvalue weighted by Gasteiger charge is 2.30. The third kappa shape index (κ3) is 4.56. The van der Waals surface area contributed by atoms with Crippen molar-refractivity contribution in [3.05, 3.63) is 53.1 Å². The summed E-state index contributed by atoms with van der Waals surface area (Å²) in [5, 5.41) is 4.31. The van der Waals surface area contributed by atoms with Gasteiger partial charge >= 0.3 is 0 Å². The standard InChI is InChI=1S/C21H29FN4O/c1-15(2)20-14-26(21(27)19-13-24(4)23-16(19)3)11-5-10-25(20)12-17-6-8-18(22)9-7-17/h6-9,13,15,20H,5,10-12,14H2,1-4H3/t20-/m0/s1. The number of carbonyl (C=O) groups is 1. The van der Waals surface area contributed by atoms with E-state index in [0.717, 1.165) is 37.3 Å². The number of aromatic nitrogens is 2. The van der Waals surface area contributed by atoms with Crippen LogP contribution in [0.15, 0.2) is 30.5 Å². The molecule has 0 unspecified atom stereocenters. The lowest BCUT2D eigenvalue weighted by atomic mass is 10.0. The molecule has 2 heterocycles. The van der Waals surface area contributed by atoms with Crippen molar-refractivity contribution in [2.45, 2.75) is 39.8 Å². The molecule has 1 amide bonds. The van der Waals surface area contributed by atoms with Crippen LogP contribution in [0.1, 0.15) is 41.9 Å². The van der Waals surface area contributed by atoms with Crippen LogP contribution in [0.3, 0.4) is 0 Å². The largest absolute Gasteiger partial charge is 0.337 e. The smallest absolute Gasteiger partial charge is 0.257 e. The summed E-state index contributed by atoms with van der Waals surface area (Å²) in [6.07, 6.45) is 2.73. The van der Waals surface area contributed by atoms with E-state index in [0.29, 0.717) is 18.0 Å². The van der Waals surface area contributed by atoms with Gasteiger partial charge in [0.25, 0.3) is 5.91 Å². The predicted octanol–water partition coefficient (Wildman–Crippen LogP) is 3.24. The normalized spacial score (nSPS) is 18.7. The third-order valence-corrected chi connectivity index (χ3v) is 5.35. The van der Waals surface area contributed by atoms with Crippen molar-refractivity contribution in [2.75, 3.05) is 19.6 Å². The Labute approximate surface area is 160 Å². The van der Waals surface area contributed by atoms with Crippen LogP contribution in [-0.4, -0.2) is 51.2 Å². The average Bonchev–Trinajstić information content (AvgIpc) is 2.83. The van der Waals surface area contributed by atoms with Crippen LogP contribution in [0.5, 0.6) is 0 Å². The van der Waals surface area contributed by atoms with Crippen LogP contribution in [0.25, 0.3) is 0 Å². The van der Waals surface area contributed by atoms with Crippen molar-refractivity contribution in [2.24, 2.45) is 13.0 Å². The van der Waals surface area contributed by atoms with Gasteiger partial charge in [-0.05, 0) is 37.0 Å². The van der Waals surface area contributed by atoms with Crippen LogP contribution in [0.4, 0.5) is 4.39 Å². The van der Waals surface area contributed by atoms with Crippen molar-refractivity contribution in [1.29, 1.82) is 0 Å². The number of aryl methyl sites for hydroxylation is 2. The Morgan fingerprint density at radius 1 is 1.26 bits per heavy atom. The van der Waals surface area contributed by atoms with Crippen LogP contribution in [0.2, 0.25) is 0 Å². The maximum absolute atomic E-state index is 13.2. The molecule has 1 fully saturated rings. The van der Waals surface area contributed by atoms with Gasteiger partial charge in [-0.25, -0.2) is 4.39 Å². The zero-order valence-electron chi connectivity index (χ0n) is 16.7. The van der Waals surface area contributed by atoms with Gasteiger partial charge in [0.05, 0.1) is 11.3 Å². The molecule has 1 aromatic heterocycles. The highest BCUT2D eigenvalue weighted by atomic mass is 19.1. The van der Waals surface area contributed by atoms with Gasteiger partial charge < -0.3 is 4.90 Å². The first-order chi connectivity index (χ1) is 12.8. The van der Waals surface area contributed by atoms with E-state index >= 15 is 0 Å². The van der Waals surface area contributed by atoms with E-state index in [1.807, 2.05) is 37.2 Å². The SMILES string of the molecule is Cc1nn(C)cc1C(=O)N1CCCN(Cc2ccc(F)cc2)[C@H](C(C)C)C1. The lowest BCUT2D eigenvalue weighted by Crippen LogP contribution is -2.45. The van der Waals surface area contributed by atoms with Gasteiger partial charge in [-0.2, -0.15) is 5.10 Å². The Balaban J connectivity index is 1.77. The van der Waals surface area contributed by atoms with Crippen molar-refractivity contribution in [3.8, 4) is 0 Å². The molecule has 6 heteroatoms. The molecule has 1 atom stereocenters. The Bertz CT molecular complexity index is 784. The Morgan fingerprint density at radius 3 is 2.56 bits per heavy atom. The number of benzene rings is 1. The molecule has 5 nitrogen and oxygen atoms in total. The number of carbonyl (C=O) groups excluding carboxylic acids is 1. The number of nitrogens with zero attached hydrogens (tertiary/aromatic N) is 4. The lowest BCUT2D eigenvalue weighted by molar-refractivity contribution is 0.0701. The molecular formula is C21H29FN4O. The molecule has 0 saturated carbocycles. The fraction of sp³-hybridized carbons (Fsp3) is 0.524. The topological polar surface area (TPSA) is 41.4 Å². The molecule has 1 aliphatic rings. The van der Waals surface area contributed by atoms with E-state index < -0.39 is 0 Å². The van der Waals surface area contributed by atoms with Crippen molar-refractivity contribution in [3.63, 3.8) is 0 Å². The summed E-state index contributed by atoms with van der Waals surface area (Å²) in [6.45, 7) is 9.43. The van der Waals surface area contributed by atoms with Crippen LogP contribution in [0, 0.1) is 18.7 Å². The Morgan fingerprint density at radius 2 is 1.96 bits per heavy atom. The molecule has 0 radical (unpaired) electrons. The lowest BCUT2D eigenvalue weighted by Gasteiger charge is -2.34. The first kappa shape index (κ1) is 19.5. The predicted molar refractivity (Wildman–Crippen MR) is 104 cm³/mol. The monoisotopic (exact) mass is 372 g/mol. The van der Waals surface area contributed by atoms with Crippen molar-refractivity contribution in [1.82, 2.24) is 19.6 Å². The number of amides is 1. The number of halogens is 1. The second-order valence-electron chi connectivity index (χ2n) is 7.81. The second-order valence-corrected chi connectivity index (χ2v) is 7.81. The summed E-state index contributed by atoms with van der Waals surface area (Å²) in [5.74, 6) is 0.266. The summed E-state index contributed by atoms with van der Waals surface area (Å²) in [5.41, 5.74) is 2.56. The quantitative estimate of drug-likeness (QED) is 0.827. The van der Waals surface area contributed by atoms with Gasteiger partial charge in [-0.3, -0.25) is 14.4 Å². The number of hydrogen-bond acceptors (Lipinski definition) is 3. The van der Waals surface area contributed by atoms with E-state index in [1.165, 1.54) is 12.1 Å². The summed E-state index contributed by atoms with van der Waals surface area (Å²) in [6, 6.07) is 6.98. The minimum absolute atomic E-state index is 0.0647. The molecule has 1 saturated heterocycles. The van der Waals surface area contributed by atoms with Crippen LogP contribution < -0.4 is 0 Å². The molecule has 0 N–H and O–H groups in total. The number of rotatable bonds is 4. The molecule has 3 rings (SSSR count). The molecule has 27 heavy (non-hydrogen) atoms. The zero-order valence-corrected chi connectivity index (χ0v) is 16.7. The molecule has 146 valence electrons. The molecule has 1 aromatic carbocycles. The van der Waals surface area contributed by atoms with Crippen LogP contribution >= 0.6 is 0 Å². The fourth-order valence-electron chi connectivity index (χ4n) is 3.88. The van der Waals surface area contributed by atoms with E-state index in [2.05, 4.69) is 23.8 Å². The first-order valence-electron chi connectivity index (χ1n) is 9.63.